The van der Waals surface area contributed by atoms with Gasteiger partial charge in [0.1, 0.15) is 0 Å². The molecular formula is C36H60P4Pd+2. The van der Waals surface area contributed by atoms with Gasteiger partial charge in [0, 0.05) is 0 Å². The summed E-state index contributed by atoms with van der Waals surface area (Å²) < 4.78 is 0. The van der Waals surface area contributed by atoms with E-state index in [0.717, 1.165) is 73.9 Å². The Labute approximate surface area is 276 Å². The first-order chi connectivity index (χ1) is 19.4. The fraction of sp³-hybridized carbons (Fsp3) is 0.333. The molecule has 0 saturated carbocycles. The molecule has 0 rings (SSSR count). The molecule has 0 bridgehead atoms. The van der Waals surface area contributed by atoms with E-state index in [0.29, 0.717) is 0 Å². The zero-order chi connectivity index (χ0) is 31.3. The average molecular weight is 723 g/mol. The van der Waals surface area contributed by atoms with Crippen LogP contribution in [0.1, 0.15) is 0 Å². The van der Waals surface area contributed by atoms with Crippen molar-refractivity contribution < 1.29 is 20.4 Å². The summed E-state index contributed by atoms with van der Waals surface area (Å²) >= 11 is 0. The SMILES string of the molecule is C=CCP(CC=C)CC=C.C=CCP(CC=C)CC=C.C=CCP(CC=C)CC=C.C=CCP(CC=C)CC=C.[Pd+2]. The van der Waals surface area contributed by atoms with Crippen LogP contribution in [0, 0.1) is 0 Å². The molecule has 0 aliphatic heterocycles. The molecule has 0 fully saturated rings. The predicted octanol–water partition coefficient (Wildman–Crippen LogP) is 12.1. The number of hydrogen-bond acceptors (Lipinski definition) is 0. The summed E-state index contributed by atoms with van der Waals surface area (Å²) in [7, 11) is 0.340. The quantitative estimate of drug-likeness (QED) is 0.0529. The molecule has 0 nitrogen and oxygen atoms in total. The third-order valence-electron chi connectivity index (χ3n) is 4.65. The maximum absolute atomic E-state index is 3.71. The van der Waals surface area contributed by atoms with Crippen LogP contribution in [-0.2, 0) is 20.4 Å². The van der Waals surface area contributed by atoms with Gasteiger partial charge in [-0.05, 0) is 73.9 Å². The van der Waals surface area contributed by atoms with Crippen molar-refractivity contribution in [3.8, 4) is 0 Å². The van der Waals surface area contributed by atoms with Gasteiger partial charge in [-0.2, -0.15) is 0 Å². The summed E-state index contributed by atoms with van der Waals surface area (Å²) in [6, 6.07) is 0. The topological polar surface area (TPSA) is 0 Å². The summed E-state index contributed by atoms with van der Waals surface area (Å²) in [5.74, 6) is 0. The Balaban J connectivity index is -0.000000139. The third-order valence-corrected chi connectivity index (χ3v) is 13.9. The van der Waals surface area contributed by atoms with Gasteiger partial charge in [0.2, 0.25) is 0 Å². The molecule has 0 unspecified atom stereocenters. The van der Waals surface area contributed by atoms with Gasteiger partial charge in [-0.25, -0.2) is 0 Å². The van der Waals surface area contributed by atoms with Crippen LogP contribution >= 0.6 is 31.7 Å². The van der Waals surface area contributed by atoms with Crippen molar-refractivity contribution in [3.05, 3.63) is 152 Å². The van der Waals surface area contributed by atoms with Crippen LogP contribution in [0.25, 0.3) is 0 Å². The van der Waals surface area contributed by atoms with E-state index in [-0.39, 0.29) is 52.1 Å². The monoisotopic (exact) mass is 722 g/mol. The number of rotatable bonds is 24. The molecule has 0 N–H and O–H groups in total. The first kappa shape index (κ1) is 49.9. The second-order valence-electron chi connectivity index (χ2n) is 8.34. The molecule has 0 aliphatic carbocycles. The van der Waals surface area contributed by atoms with Crippen molar-refractivity contribution in [1.29, 1.82) is 0 Å². The van der Waals surface area contributed by atoms with Gasteiger partial charge in [0.25, 0.3) is 0 Å². The minimum Gasteiger partial charge on any atom is -0.103 e. The van der Waals surface area contributed by atoms with Gasteiger partial charge in [-0.1, -0.05) is 105 Å². The molecule has 0 aromatic rings. The van der Waals surface area contributed by atoms with Crippen molar-refractivity contribution in [1.82, 2.24) is 0 Å². The molecule has 5 heteroatoms. The van der Waals surface area contributed by atoms with Crippen LogP contribution in [0.15, 0.2) is 152 Å². The van der Waals surface area contributed by atoms with Gasteiger partial charge < -0.3 is 0 Å². The Bertz CT molecular complexity index is 495. The van der Waals surface area contributed by atoms with Crippen LogP contribution in [0.4, 0.5) is 0 Å². The summed E-state index contributed by atoms with van der Waals surface area (Å²) in [6.45, 7) is 44.6. The molecule has 0 radical (unpaired) electrons. The third kappa shape index (κ3) is 43.8. The van der Waals surface area contributed by atoms with Crippen molar-refractivity contribution in [2.75, 3.05) is 73.9 Å². The molecule has 0 spiro atoms. The molecule has 0 heterocycles. The van der Waals surface area contributed by atoms with E-state index in [2.05, 4.69) is 78.9 Å². The average Bonchev–Trinajstić information content (AvgIpc) is 2.92. The summed E-state index contributed by atoms with van der Waals surface area (Å²) in [5.41, 5.74) is 0. The zero-order valence-electron chi connectivity index (χ0n) is 26.0. The van der Waals surface area contributed by atoms with Crippen LogP contribution in [0.3, 0.4) is 0 Å². The van der Waals surface area contributed by atoms with Gasteiger partial charge in [-0.3, -0.25) is 0 Å². The number of hydrogen-bond donors (Lipinski definition) is 0. The Hall–Kier alpha value is -0.738. The van der Waals surface area contributed by atoms with Crippen molar-refractivity contribution >= 4 is 31.7 Å². The van der Waals surface area contributed by atoms with Gasteiger partial charge in [0.15, 0.2) is 0 Å². The smallest absolute Gasteiger partial charge is 0.103 e. The molecule has 232 valence electrons. The molecular weight excluding hydrogens is 663 g/mol. The van der Waals surface area contributed by atoms with Gasteiger partial charge in [0.05, 0.1) is 0 Å². The Morgan fingerprint density at radius 3 is 0.341 bits per heavy atom. The summed E-state index contributed by atoms with van der Waals surface area (Å²) in [6.07, 6.45) is 37.4. The standard InChI is InChI=1S/4C9H15P.Pd/c4*1-4-7-10(8-5-2)9-6-3;/h4*4-6H,1-3,7-9H2;/q;;;;+2. The van der Waals surface area contributed by atoms with E-state index < -0.39 is 0 Å². The van der Waals surface area contributed by atoms with Crippen molar-refractivity contribution in [3.63, 3.8) is 0 Å². The number of allylic oxidation sites excluding steroid dienone is 12. The van der Waals surface area contributed by atoms with Crippen LogP contribution in [0.2, 0.25) is 0 Å². The molecule has 0 aromatic carbocycles. The first-order valence-electron chi connectivity index (χ1n) is 13.6. The van der Waals surface area contributed by atoms with E-state index in [1.165, 1.54) is 0 Å². The fourth-order valence-electron chi connectivity index (χ4n) is 3.09. The maximum atomic E-state index is 3.71. The molecule has 0 amide bonds. The molecule has 0 atom stereocenters. The molecule has 0 aromatic heterocycles. The van der Waals surface area contributed by atoms with Crippen molar-refractivity contribution in [2.45, 2.75) is 0 Å². The van der Waals surface area contributed by atoms with E-state index >= 15 is 0 Å². The minimum absolute atomic E-state index is 0. The second kappa shape index (κ2) is 46.2. The Kier molecular flexibility index (Phi) is 56.3. The van der Waals surface area contributed by atoms with Crippen LogP contribution in [0.5, 0.6) is 0 Å². The molecule has 41 heavy (non-hydrogen) atoms. The van der Waals surface area contributed by atoms with E-state index in [1.807, 2.05) is 72.9 Å². The first-order valence-corrected chi connectivity index (χ1v) is 21.2. The van der Waals surface area contributed by atoms with E-state index in [1.54, 1.807) is 0 Å². The van der Waals surface area contributed by atoms with Crippen LogP contribution in [-0.4, -0.2) is 73.9 Å². The summed E-state index contributed by atoms with van der Waals surface area (Å²) in [5, 5.41) is 0. The largest absolute Gasteiger partial charge is 2.00 e. The zero-order valence-corrected chi connectivity index (χ0v) is 31.1. The van der Waals surface area contributed by atoms with Crippen molar-refractivity contribution in [2.24, 2.45) is 0 Å². The predicted molar refractivity (Wildman–Crippen MR) is 208 cm³/mol. The fourth-order valence-corrected chi connectivity index (χ4v) is 9.26. The molecule has 0 aliphatic rings. The van der Waals surface area contributed by atoms with Gasteiger partial charge >= 0.3 is 20.4 Å². The molecule has 0 saturated heterocycles. The van der Waals surface area contributed by atoms with E-state index in [4.69, 9.17) is 0 Å². The van der Waals surface area contributed by atoms with Gasteiger partial charge in [-0.15, -0.1) is 78.9 Å². The summed E-state index contributed by atoms with van der Waals surface area (Å²) in [4.78, 5) is 0. The Morgan fingerprint density at radius 1 is 0.220 bits per heavy atom. The normalized spacial score (nSPS) is 9.07. The second-order valence-corrected chi connectivity index (χ2v) is 18.1. The maximum Gasteiger partial charge on any atom is 2.00 e. The minimum atomic E-state index is 0. The van der Waals surface area contributed by atoms with Crippen LogP contribution < -0.4 is 0 Å². The Morgan fingerprint density at radius 2 is 0.293 bits per heavy atom. The van der Waals surface area contributed by atoms with E-state index in [9.17, 15) is 0 Å².